The summed E-state index contributed by atoms with van der Waals surface area (Å²) in [6, 6.07) is 17.9. The van der Waals surface area contributed by atoms with Gasteiger partial charge in [-0.1, -0.05) is 36.4 Å². The summed E-state index contributed by atoms with van der Waals surface area (Å²) in [4.78, 5) is 12.3. The fourth-order valence-electron chi connectivity index (χ4n) is 2.14. The lowest BCUT2D eigenvalue weighted by molar-refractivity contribution is 0.0731. The number of esters is 1. The highest BCUT2D eigenvalue weighted by atomic mass is 32.2. The molecule has 1 aromatic heterocycles. The highest BCUT2D eigenvalue weighted by Gasteiger charge is 2.22. The van der Waals surface area contributed by atoms with E-state index in [-0.39, 0.29) is 22.2 Å². The van der Waals surface area contributed by atoms with Gasteiger partial charge in [0.25, 0.3) is 0 Å². The number of hydrogen-bond donors (Lipinski definition) is 0. The van der Waals surface area contributed by atoms with Gasteiger partial charge in [0.2, 0.25) is 0 Å². The molecule has 0 fully saturated rings. The van der Waals surface area contributed by atoms with Crippen molar-refractivity contribution in [2.45, 2.75) is 10.6 Å². The van der Waals surface area contributed by atoms with E-state index in [1.807, 2.05) is 0 Å². The Morgan fingerprint density at radius 3 is 2.21 bits per heavy atom. The van der Waals surface area contributed by atoms with Crippen LogP contribution in [0.1, 0.15) is 16.1 Å². The van der Waals surface area contributed by atoms with Crippen LogP contribution in [0.5, 0.6) is 5.75 Å². The third-order valence-corrected chi connectivity index (χ3v) is 4.97. The summed E-state index contributed by atoms with van der Waals surface area (Å²) in [5, 5.41) is 0. The van der Waals surface area contributed by atoms with Crippen molar-refractivity contribution in [3.05, 3.63) is 84.3 Å². The van der Waals surface area contributed by atoms with E-state index in [0.717, 1.165) is 0 Å². The highest BCUT2D eigenvalue weighted by Crippen LogP contribution is 2.26. The molecule has 0 saturated carbocycles. The first kappa shape index (κ1) is 16.0. The zero-order valence-corrected chi connectivity index (χ0v) is 13.4. The summed E-state index contributed by atoms with van der Waals surface area (Å²) in [6.07, 6.45) is 1.30. The van der Waals surface area contributed by atoms with E-state index in [0.29, 0.717) is 5.56 Å². The van der Waals surface area contributed by atoms with E-state index in [1.54, 1.807) is 48.5 Å². The van der Waals surface area contributed by atoms with Crippen molar-refractivity contribution in [3.63, 3.8) is 0 Å². The van der Waals surface area contributed by atoms with Gasteiger partial charge in [0.15, 0.2) is 21.3 Å². The Hall–Kier alpha value is -2.86. The van der Waals surface area contributed by atoms with Crippen molar-refractivity contribution in [1.29, 1.82) is 0 Å². The molecular formula is C18H14O5S. The number of furan rings is 1. The molecule has 0 aliphatic heterocycles. The zero-order chi connectivity index (χ0) is 17.0. The summed E-state index contributed by atoms with van der Waals surface area (Å²) in [5.41, 5.74) is 0.371. The fourth-order valence-corrected chi connectivity index (χ4v) is 3.44. The molecule has 0 unspecified atom stereocenters. The molecule has 0 aliphatic rings. The number of benzene rings is 2. The van der Waals surface area contributed by atoms with Crippen molar-refractivity contribution in [3.8, 4) is 5.75 Å². The summed E-state index contributed by atoms with van der Waals surface area (Å²) in [5.74, 6) is -0.775. The Balaban J connectivity index is 1.80. The minimum atomic E-state index is -3.59. The molecule has 0 atom stereocenters. The SMILES string of the molecule is O=C(Oc1ccoc1CS(=O)(=O)c1ccccc1)c1ccccc1. The van der Waals surface area contributed by atoms with Crippen LogP contribution in [0.4, 0.5) is 0 Å². The quantitative estimate of drug-likeness (QED) is 0.664. The number of carbonyl (C=O) groups is 1. The molecule has 6 heteroatoms. The van der Waals surface area contributed by atoms with Crippen LogP contribution in [0.2, 0.25) is 0 Å². The first-order valence-corrected chi connectivity index (χ1v) is 8.83. The van der Waals surface area contributed by atoms with Gasteiger partial charge in [-0.15, -0.1) is 0 Å². The minimum absolute atomic E-state index is 0.0862. The molecule has 0 bridgehead atoms. The topological polar surface area (TPSA) is 73.6 Å². The molecule has 3 rings (SSSR count). The molecule has 24 heavy (non-hydrogen) atoms. The van der Waals surface area contributed by atoms with E-state index >= 15 is 0 Å². The van der Waals surface area contributed by atoms with E-state index in [2.05, 4.69) is 0 Å². The number of hydrogen-bond acceptors (Lipinski definition) is 5. The van der Waals surface area contributed by atoms with Crippen molar-refractivity contribution >= 4 is 15.8 Å². The molecule has 0 radical (unpaired) electrons. The van der Waals surface area contributed by atoms with Crippen LogP contribution >= 0.6 is 0 Å². The van der Waals surface area contributed by atoms with Gasteiger partial charge < -0.3 is 9.15 Å². The lowest BCUT2D eigenvalue weighted by Crippen LogP contribution is -2.10. The zero-order valence-electron chi connectivity index (χ0n) is 12.6. The summed E-state index contributed by atoms with van der Waals surface area (Å²) in [6.45, 7) is 0. The van der Waals surface area contributed by atoms with E-state index in [4.69, 9.17) is 9.15 Å². The summed E-state index contributed by atoms with van der Waals surface area (Å²) < 4.78 is 35.3. The van der Waals surface area contributed by atoms with Crippen LogP contribution in [-0.4, -0.2) is 14.4 Å². The van der Waals surface area contributed by atoms with Crippen molar-refractivity contribution in [2.24, 2.45) is 0 Å². The van der Waals surface area contributed by atoms with Crippen LogP contribution in [0.25, 0.3) is 0 Å². The van der Waals surface area contributed by atoms with Crippen molar-refractivity contribution in [1.82, 2.24) is 0 Å². The standard InChI is InChI=1S/C18H14O5S/c19-18(14-7-3-1-4-8-14)23-16-11-12-22-17(16)13-24(20,21)15-9-5-2-6-10-15/h1-12H,13H2. The predicted molar refractivity (Wildman–Crippen MR) is 87.4 cm³/mol. The Bertz CT molecular complexity index is 928. The Morgan fingerprint density at radius 2 is 1.54 bits per heavy atom. The molecule has 0 aliphatic carbocycles. The maximum atomic E-state index is 12.4. The van der Waals surface area contributed by atoms with Gasteiger partial charge in [-0.05, 0) is 24.3 Å². The second kappa shape index (κ2) is 6.72. The first-order chi connectivity index (χ1) is 11.6. The number of sulfone groups is 1. The van der Waals surface area contributed by atoms with E-state index in [1.165, 1.54) is 24.5 Å². The molecule has 0 amide bonds. The molecule has 5 nitrogen and oxygen atoms in total. The Labute approximate surface area is 139 Å². The number of rotatable bonds is 5. The maximum absolute atomic E-state index is 12.4. The minimum Gasteiger partial charge on any atom is -0.464 e. The molecule has 2 aromatic carbocycles. The monoisotopic (exact) mass is 342 g/mol. The Morgan fingerprint density at radius 1 is 0.917 bits per heavy atom. The first-order valence-electron chi connectivity index (χ1n) is 7.18. The van der Waals surface area contributed by atoms with Gasteiger partial charge in [0.05, 0.1) is 16.7 Å². The van der Waals surface area contributed by atoms with Crippen LogP contribution in [0.15, 0.2) is 82.3 Å². The molecule has 0 N–H and O–H groups in total. The second-order valence-corrected chi connectivity index (χ2v) is 7.03. The van der Waals surface area contributed by atoms with Crippen molar-refractivity contribution in [2.75, 3.05) is 0 Å². The van der Waals surface area contributed by atoms with Gasteiger partial charge in [-0.2, -0.15) is 0 Å². The molecule has 1 heterocycles. The lowest BCUT2D eigenvalue weighted by Gasteiger charge is -2.06. The van der Waals surface area contributed by atoms with Gasteiger partial charge in [0, 0.05) is 6.07 Å². The second-order valence-electron chi connectivity index (χ2n) is 5.04. The third-order valence-electron chi connectivity index (χ3n) is 3.34. The van der Waals surface area contributed by atoms with E-state index in [9.17, 15) is 13.2 Å². The largest absolute Gasteiger partial charge is 0.464 e. The number of ether oxygens (including phenoxy) is 1. The average molecular weight is 342 g/mol. The summed E-state index contributed by atoms with van der Waals surface area (Å²) >= 11 is 0. The highest BCUT2D eigenvalue weighted by molar-refractivity contribution is 7.90. The van der Waals surface area contributed by atoms with E-state index < -0.39 is 15.8 Å². The molecule has 122 valence electrons. The lowest BCUT2D eigenvalue weighted by atomic mass is 10.2. The normalized spacial score (nSPS) is 11.2. The van der Waals surface area contributed by atoms with Gasteiger partial charge in [-0.3, -0.25) is 0 Å². The molecule has 3 aromatic rings. The van der Waals surface area contributed by atoms with Gasteiger partial charge in [0.1, 0.15) is 5.75 Å². The third kappa shape index (κ3) is 3.55. The van der Waals surface area contributed by atoms with Gasteiger partial charge in [-0.25, -0.2) is 13.2 Å². The van der Waals surface area contributed by atoms with Crippen LogP contribution in [0.3, 0.4) is 0 Å². The number of carbonyl (C=O) groups excluding carboxylic acids is 1. The maximum Gasteiger partial charge on any atom is 0.343 e. The Kier molecular flexibility index (Phi) is 4.48. The predicted octanol–water partition coefficient (Wildman–Crippen LogP) is 3.47. The fraction of sp³-hybridized carbons (Fsp3) is 0.0556. The average Bonchev–Trinajstić information content (AvgIpc) is 3.02. The molecule has 0 saturated heterocycles. The summed E-state index contributed by atoms with van der Waals surface area (Å²) in [7, 11) is -3.59. The molecule has 0 spiro atoms. The van der Waals surface area contributed by atoms with Crippen LogP contribution in [-0.2, 0) is 15.6 Å². The molecular weight excluding hydrogens is 328 g/mol. The van der Waals surface area contributed by atoms with Crippen molar-refractivity contribution < 1.29 is 22.4 Å². The van der Waals surface area contributed by atoms with Gasteiger partial charge >= 0.3 is 5.97 Å². The van der Waals surface area contributed by atoms with Crippen LogP contribution in [0, 0.1) is 0 Å². The smallest absolute Gasteiger partial charge is 0.343 e. The van der Waals surface area contributed by atoms with Crippen LogP contribution < -0.4 is 4.74 Å².